The van der Waals surface area contributed by atoms with Crippen LogP contribution in [-0.4, -0.2) is 59.2 Å². The van der Waals surface area contributed by atoms with Crippen LogP contribution in [0, 0.1) is 13.8 Å². The van der Waals surface area contributed by atoms with E-state index >= 15 is 0 Å². The highest BCUT2D eigenvalue weighted by atomic mass is 32.2. The molecule has 1 aromatic rings. The Morgan fingerprint density at radius 1 is 1.25 bits per heavy atom. The van der Waals surface area contributed by atoms with Crippen molar-refractivity contribution in [1.82, 2.24) is 14.8 Å². The maximum Gasteiger partial charge on any atom is 0.325 e. The number of carbonyl (C=O) groups excluding carboxylic acids is 3. The minimum atomic E-state index is -3.05. The molecule has 8 nitrogen and oxygen atoms in total. The van der Waals surface area contributed by atoms with Gasteiger partial charge in [0.15, 0.2) is 15.6 Å². The van der Waals surface area contributed by atoms with Crippen molar-refractivity contribution in [2.75, 3.05) is 18.1 Å². The van der Waals surface area contributed by atoms with Crippen molar-refractivity contribution in [3.05, 3.63) is 23.0 Å². The van der Waals surface area contributed by atoms with Crippen molar-refractivity contribution >= 4 is 27.6 Å². The fourth-order valence-corrected chi connectivity index (χ4v) is 6.67. The molecular formula is C19H25N3O5S. The summed E-state index contributed by atoms with van der Waals surface area (Å²) in [5, 5.41) is 2.78. The molecule has 3 amide bonds. The lowest BCUT2D eigenvalue weighted by Crippen LogP contribution is -2.44. The van der Waals surface area contributed by atoms with Gasteiger partial charge in [-0.25, -0.2) is 13.2 Å². The standard InChI is InChI=1S/C19H25N3O5S/c1-12-9-15(13(2)22(12)14-5-8-28(26,27)11-14)16(23)10-21-17(24)19(20-18(21)25)6-3-4-7-19/h9,14H,3-8,10-11H2,1-2H3,(H,20,25). The molecule has 2 aliphatic heterocycles. The summed E-state index contributed by atoms with van der Waals surface area (Å²) in [5.74, 6) is -0.382. The second-order valence-electron chi connectivity index (χ2n) is 8.25. The van der Waals surface area contributed by atoms with Gasteiger partial charge in [-0.05, 0) is 39.2 Å². The van der Waals surface area contributed by atoms with Gasteiger partial charge in [0, 0.05) is 23.0 Å². The summed E-state index contributed by atoms with van der Waals surface area (Å²) < 4.78 is 25.6. The summed E-state index contributed by atoms with van der Waals surface area (Å²) in [6.07, 6.45) is 3.54. The normalized spacial score (nSPS) is 25.6. The molecule has 1 unspecified atom stereocenters. The molecule has 1 atom stereocenters. The number of ketones is 1. The van der Waals surface area contributed by atoms with Gasteiger partial charge in [-0.1, -0.05) is 12.8 Å². The first kappa shape index (κ1) is 19.2. The fraction of sp³-hybridized carbons (Fsp3) is 0.632. The predicted octanol–water partition coefficient (Wildman–Crippen LogP) is 1.51. The monoisotopic (exact) mass is 407 g/mol. The van der Waals surface area contributed by atoms with E-state index in [1.54, 1.807) is 13.0 Å². The highest BCUT2D eigenvalue weighted by molar-refractivity contribution is 7.91. The first-order valence-electron chi connectivity index (χ1n) is 9.70. The van der Waals surface area contributed by atoms with Gasteiger partial charge in [0.25, 0.3) is 5.91 Å². The van der Waals surface area contributed by atoms with Crippen LogP contribution in [0.5, 0.6) is 0 Å². The highest BCUT2D eigenvalue weighted by Gasteiger charge is 2.52. The summed E-state index contributed by atoms with van der Waals surface area (Å²) in [5.41, 5.74) is 1.11. The van der Waals surface area contributed by atoms with E-state index in [0.717, 1.165) is 23.4 Å². The zero-order chi connectivity index (χ0) is 20.3. The van der Waals surface area contributed by atoms with E-state index in [-0.39, 0.29) is 35.8 Å². The molecule has 0 radical (unpaired) electrons. The molecule has 152 valence electrons. The second kappa shape index (κ2) is 6.43. The Balaban J connectivity index is 1.55. The average Bonchev–Trinajstić information content (AvgIpc) is 3.34. The minimum Gasteiger partial charge on any atom is -0.344 e. The summed E-state index contributed by atoms with van der Waals surface area (Å²) in [7, 11) is -3.05. The number of amides is 3. The van der Waals surface area contributed by atoms with E-state index in [1.165, 1.54) is 0 Å². The van der Waals surface area contributed by atoms with Gasteiger partial charge in [0.05, 0.1) is 18.1 Å². The van der Waals surface area contributed by atoms with Crippen LogP contribution in [0.25, 0.3) is 0 Å². The lowest BCUT2D eigenvalue weighted by molar-refractivity contribution is -0.130. The molecule has 1 aromatic heterocycles. The van der Waals surface area contributed by atoms with E-state index in [9.17, 15) is 22.8 Å². The number of Topliss-reactive ketones (excluding diaryl/α,β-unsaturated/α-hetero) is 1. The Kier molecular flexibility index (Phi) is 4.41. The number of rotatable bonds is 4. The Bertz CT molecular complexity index is 972. The van der Waals surface area contributed by atoms with E-state index in [1.807, 2.05) is 11.5 Å². The predicted molar refractivity (Wildman–Crippen MR) is 102 cm³/mol. The number of imide groups is 1. The van der Waals surface area contributed by atoms with E-state index in [0.29, 0.717) is 30.5 Å². The zero-order valence-electron chi connectivity index (χ0n) is 16.2. The van der Waals surface area contributed by atoms with Crippen LogP contribution in [-0.2, 0) is 14.6 Å². The van der Waals surface area contributed by atoms with Gasteiger partial charge in [-0.2, -0.15) is 0 Å². The van der Waals surface area contributed by atoms with Gasteiger partial charge in [0.1, 0.15) is 5.54 Å². The number of hydrogen-bond donors (Lipinski definition) is 1. The molecule has 1 N–H and O–H groups in total. The third-order valence-corrected chi connectivity index (χ3v) is 8.11. The molecule has 0 aromatic carbocycles. The van der Waals surface area contributed by atoms with Gasteiger partial charge >= 0.3 is 6.03 Å². The second-order valence-corrected chi connectivity index (χ2v) is 10.5. The average molecular weight is 407 g/mol. The van der Waals surface area contributed by atoms with E-state index in [4.69, 9.17) is 0 Å². The molecule has 4 rings (SSSR count). The van der Waals surface area contributed by atoms with Crippen LogP contribution in [0.2, 0.25) is 0 Å². The highest BCUT2D eigenvalue weighted by Crippen LogP contribution is 2.35. The third kappa shape index (κ3) is 2.96. The number of sulfone groups is 1. The van der Waals surface area contributed by atoms with Crippen molar-refractivity contribution < 1.29 is 22.8 Å². The number of nitrogens with zero attached hydrogens (tertiary/aromatic N) is 2. The van der Waals surface area contributed by atoms with Crippen LogP contribution in [0.3, 0.4) is 0 Å². The van der Waals surface area contributed by atoms with Gasteiger partial charge in [-0.3, -0.25) is 14.5 Å². The summed E-state index contributed by atoms with van der Waals surface area (Å²) in [4.78, 5) is 39.0. The molecule has 3 heterocycles. The van der Waals surface area contributed by atoms with Crippen LogP contribution >= 0.6 is 0 Å². The molecule has 0 bridgehead atoms. The van der Waals surface area contributed by atoms with Gasteiger partial charge in [0.2, 0.25) is 0 Å². The van der Waals surface area contributed by atoms with Gasteiger partial charge in [-0.15, -0.1) is 0 Å². The number of aromatic nitrogens is 1. The van der Waals surface area contributed by atoms with E-state index in [2.05, 4.69) is 5.32 Å². The van der Waals surface area contributed by atoms with Crippen LogP contribution < -0.4 is 5.32 Å². The van der Waals surface area contributed by atoms with Gasteiger partial charge < -0.3 is 9.88 Å². The van der Waals surface area contributed by atoms with Crippen molar-refractivity contribution in [3.8, 4) is 0 Å². The summed E-state index contributed by atoms with van der Waals surface area (Å²) >= 11 is 0. The molecular weight excluding hydrogens is 382 g/mol. The summed E-state index contributed by atoms with van der Waals surface area (Å²) in [6.45, 7) is 3.34. The Labute approximate surface area is 164 Å². The number of urea groups is 1. The maximum atomic E-state index is 12.9. The van der Waals surface area contributed by atoms with Crippen LogP contribution in [0.15, 0.2) is 6.07 Å². The molecule has 28 heavy (non-hydrogen) atoms. The SMILES string of the molecule is Cc1cc(C(=O)CN2C(=O)NC3(CCCC3)C2=O)c(C)n1C1CCS(=O)(=O)C1. The quantitative estimate of drug-likeness (QED) is 0.602. The number of aryl methyl sites for hydroxylation is 1. The Morgan fingerprint density at radius 2 is 1.93 bits per heavy atom. The number of carbonyl (C=O) groups is 3. The molecule has 1 aliphatic carbocycles. The zero-order valence-corrected chi connectivity index (χ0v) is 17.0. The van der Waals surface area contributed by atoms with E-state index < -0.39 is 21.4 Å². The smallest absolute Gasteiger partial charge is 0.325 e. The molecule has 3 aliphatic rings. The summed E-state index contributed by atoms with van der Waals surface area (Å²) in [6, 6.07) is 1.05. The third-order valence-electron chi connectivity index (χ3n) is 6.36. The fourth-order valence-electron chi connectivity index (χ4n) is 4.97. The maximum absolute atomic E-state index is 12.9. The molecule has 9 heteroatoms. The van der Waals surface area contributed by atoms with Crippen molar-refractivity contribution in [1.29, 1.82) is 0 Å². The van der Waals surface area contributed by atoms with Crippen molar-refractivity contribution in [2.45, 2.75) is 57.5 Å². The molecule has 2 saturated heterocycles. The minimum absolute atomic E-state index is 0.0759. The van der Waals surface area contributed by atoms with Crippen LogP contribution in [0.4, 0.5) is 4.79 Å². The Hall–Kier alpha value is -2.16. The van der Waals surface area contributed by atoms with Crippen molar-refractivity contribution in [3.63, 3.8) is 0 Å². The first-order chi connectivity index (χ1) is 13.1. The molecule has 1 spiro atoms. The van der Waals surface area contributed by atoms with Crippen LogP contribution in [0.1, 0.15) is 59.9 Å². The lowest BCUT2D eigenvalue weighted by Gasteiger charge is -2.19. The van der Waals surface area contributed by atoms with Crippen molar-refractivity contribution in [2.24, 2.45) is 0 Å². The topological polar surface area (TPSA) is 106 Å². The first-order valence-corrected chi connectivity index (χ1v) is 11.5. The number of nitrogens with one attached hydrogen (secondary N) is 1. The number of hydrogen-bond acceptors (Lipinski definition) is 5. The molecule has 1 saturated carbocycles. The lowest BCUT2D eigenvalue weighted by atomic mass is 9.98. The largest absolute Gasteiger partial charge is 0.344 e. The Morgan fingerprint density at radius 3 is 2.54 bits per heavy atom. The molecule has 3 fully saturated rings.